The summed E-state index contributed by atoms with van der Waals surface area (Å²) in [5.41, 5.74) is -1.79. The molecule has 6 bridgehead atoms. The normalized spacial score (nSPS) is 57.6. The van der Waals surface area contributed by atoms with Crippen molar-refractivity contribution in [1.82, 2.24) is 0 Å². The van der Waals surface area contributed by atoms with Gasteiger partial charge in [0.2, 0.25) is 17.4 Å². The first-order valence-corrected chi connectivity index (χ1v) is 27.1. The van der Waals surface area contributed by atoms with E-state index in [1.165, 1.54) is 0 Å². The Kier molecular flexibility index (Phi) is 12.2. The Morgan fingerprint density at radius 2 is 0.687 bits per heavy atom. The fourth-order valence-electron chi connectivity index (χ4n) is 16.9. The lowest BCUT2D eigenvalue weighted by molar-refractivity contribution is -0.571. The van der Waals surface area contributed by atoms with Gasteiger partial charge >= 0.3 is 0 Å². The summed E-state index contributed by atoms with van der Waals surface area (Å²) < 4.78 is 60.7. The number of fused-ring (bicyclic) bond motifs is 6. The van der Waals surface area contributed by atoms with E-state index in [9.17, 15) is 0 Å². The molecule has 12 saturated heterocycles. The summed E-state index contributed by atoms with van der Waals surface area (Å²) in [6, 6.07) is 0. The molecule has 0 aromatic heterocycles. The smallest absolute Gasteiger partial charge is 0.271 e. The van der Waals surface area contributed by atoms with Crippen LogP contribution in [-0.2, 0) is 72.0 Å². The van der Waals surface area contributed by atoms with Crippen molar-refractivity contribution in [2.75, 3.05) is 19.8 Å². The maximum atomic E-state index is 6.94. The van der Waals surface area contributed by atoms with E-state index in [0.29, 0.717) is 74.6 Å². The zero-order chi connectivity index (χ0) is 46.3. The van der Waals surface area contributed by atoms with Crippen LogP contribution in [0, 0.1) is 71.0 Å². The van der Waals surface area contributed by atoms with Crippen LogP contribution in [0.25, 0.3) is 0 Å². The van der Waals surface area contributed by atoms with Crippen molar-refractivity contribution < 1.29 is 72.0 Å². The molecule has 15 fully saturated rings. The van der Waals surface area contributed by atoms with Crippen molar-refractivity contribution in [2.24, 2.45) is 71.0 Å². The van der Waals surface area contributed by atoms with E-state index < -0.39 is 59.5 Å². The molecule has 24 atom stereocenters. The molecule has 15 rings (SSSR count). The first-order valence-electron chi connectivity index (χ1n) is 27.1. The number of hydrogen-bond donors (Lipinski definition) is 0. The third-order valence-electron chi connectivity index (χ3n) is 20.9. The van der Waals surface area contributed by atoms with Gasteiger partial charge in [0.05, 0.1) is 38.1 Å². The minimum Gasteiger partial charge on any atom is -0.346 e. The van der Waals surface area contributed by atoms with Crippen molar-refractivity contribution in [2.45, 2.75) is 236 Å². The monoisotopic (exact) mass is 947 g/mol. The molecule has 3 spiro atoms. The molecule has 0 radical (unpaired) electrons. The second-order valence-corrected chi connectivity index (χ2v) is 24.6. The minimum atomic E-state index is -0.900. The van der Waals surface area contributed by atoms with Gasteiger partial charge in [-0.3, -0.25) is 0 Å². The molecule has 67 heavy (non-hydrogen) atoms. The zero-order valence-electron chi connectivity index (χ0n) is 41.8. The predicted molar refractivity (Wildman–Crippen MR) is 236 cm³/mol. The van der Waals surface area contributed by atoms with Crippen LogP contribution >= 0.6 is 0 Å². The summed E-state index contributed by atoms with van der Waals surface area (Å²) in [7, 11) is 0. The zero-order valence-corrected chi connectivity index (χ0v) is 41.8. The third kappa shape index (κ3) is 7.41. The fraction of sp³-hybridized carbons (Fsp3) is 1.00. The molecule has 12 heterocycles. The van der Waals surface area contributed by atoms with Gasteiger partial charge in [0.1, 0.15) is 0 Å². The Balaban J connectivity index is 0.730. The molecular formula is C52H82O15. The molecule has 3 unspecified atom stereocenters. The Morgan fingerprint density at radius 3 is 0.985 bits per heavy atom. The molecule has 0 N–H and O–H groups in total. The molecule has 3 saturated carbocycles. The van der Waals surface area contributed by atoms with Crippen molar-refractivity contribution in [3.8, 4) is 0 Å². The van der Waals surface area contributed by atoms with E-state index in [1.807, 2.05) is 20.8 Å². The highest BCUT2D eigenvalue weighted by Crippen LogP contribution is 2.64. The molecule has 15 heteroatoms. The van der Waals surface area contributed by atoms with Gasteiger partial charge in [-0.25, -0.2) is 29.3 Å². The van der Waals surface area contributed by atoms with E-state index in [4.69, 9.17) is 72.0 Å². The SMILES string of the molecule is C[C@@H]1CC[C@H]2[C@@H](C)C(CCOC(OCCC3O[C@@H]4O[C@@]5(C)CC[C@H]6[C@H](C)CC[C@@H]([C@H]3C)[C@@]46OO5)OCCC3O[C@@H]4O[C@]5(C)CC[C@H]6[C@H](C)CC[C@@H]([C@H]3C)[C@@]46OO5)O[C@@H]3O[C@@]4(C)CC[C@@H]1[C@]32OO4. The Hall–Kier alpha value is -0.600. The van der Waals surface area contributed by atoms with Gasteiger partial charge in [-0.15, -0.1) is 0 Å². The van der Waals surface area contributed by atoms with Crippen molar-refractivity contribution in [1.29, 1.82) is 0 Å². The van der Waals surface area contributed by atoms with Crippen LogP contribution in [0.2, 0.25) is 0 Å². The predicted octanol–water partition coefficient (Wildman–Crippen LogP) is 9.24. The van der Waals surface area contributed by atoms with Gasteiger partial charge in [-0.2, -0.15) is 0 Å². The number of rotatable bonds is 12. The summed E-state index contributed by atoms with van der Waals surface area (Å²) in [6.07, 6.45) is 12.3. The third-order valence-corrected chi connectivity index (χ3v) is 20.9. The quantitative estimate of drug-likeness (QED) is 0.136. The Morgan fingerprint density at radius 1 is 0.388 bits per heavy atom. The maximum absolute atomic E-state index is 6.94. The topological polar surface area (TPSA) is 138 Å². The van der Waals surface area contributed by atoms with E-state index in [2.05, 4.69) is 41.5 Å². The highest BCUT2D eigenvalue weighted by Gasteiger charge is 2.72. The minimum absolute atomic E-state index is 0.0931. The van der Waals surface area contributed by atoms with Crippen LogP contribution in [-0.4, -0.2) is 97.6 Å². The van der Waals surface area contributed by atoms with E-state index >= 15 is 0 Å². The molecule has 380 valence electrons. The average Bonchev–Trinajstić information content (AvgIpc) is 3.78. The summed E-state index contributed by atoms with van der Waals surface area (Å²) >= 11 is 0. The van der Waals surface area contributed by atoms with E-state index in [0.717, 1.165) is 77.0 Å². The van der Waals surface area contributed by atoms with Gasteiger partial charge in [-0.1, -0.05) is 41.5 Å². The fourth-order valence-corrected chi connectivity index (χ4v) is 16.9. The van der Waals surface area contributed by atoms with Crippen LogP contribution in [0.1, 0.15) is 159 Å². The lowest BCUT2D eigenvalue weighted by Gasteiger charge is -2.60. The van der Waals surface area contributed by atoms with Gasteiger partial charge < -0.3 is 42.6 Å². The second-order valence-electron chi connectivity index (χ2n) is 24.6. The lowest BCUT2D eigenvalue weighted by Crippen LogP contribution is -2.70. The first kappa shape index (κ1) is 47.4. The standard InChI is InChI=1S/C52H82O15/c1-28-10-13-37-31(4)40(56-43-50(37)34(28)16-22-47(7,59-43)62-65-50)19-25-53-46(54-26-20-41-32(5)38-14-11-29(2)35-17-23-48(8)60-44(57-41)51(35,38)66-63-48)55-27-21-42-33(6)39-15-12-30(3)36-18-24-49(9)61-45(58-42)52(36,39)67-64-49/h28-46H,10-27H2,1-9H3/t28-,29-,30-,31-,32-,33-,34+,35+,36+,37+,38+,39+,40?,41?,42?,43-,44-,45-,46?,47-,48-,49+,50-,51-,52-/m1/s1. The van der Waals surface area contributed by atoms with E-state index in [1.54, 1.807) is 0 Å². The van der Waals surface area contributed by atoms with Crippen LogP contribution in [0.5, 0.6) is 0 Å². The molecule has 15 nitrogen and oxygen atoms in total. The summed E-state index contributed by atoms with van der Waals surface area (Å²) in [4.78, 5) is 37.5. The maximum Gasteiger partial charge on any atom is 0.271 e. The summed E-state index contributed by atoms with van der Waals surface area (Å²) in [6.45, 7) is 20.2. The van der Waals surface area contributed by atoms with Crippen molar-refractivity contribution in [3.05, 3.63) is 0 Å². The highest BCUT2D eigenvalue weighted by atomic mass is 17.3. The lowest BCUT2D eigenvalue weighted by atomic mass is 9.57. The van der Waals surface area contributed by atoms with Crippen LogP contribution < -0.4 is 0 Å². The first-order chi connectivity index (χ1) is 32.1. The van der Waals surface area contributed by atoms with Crippen molar-refractivity contribution >= 4 is 0 Å². The molecule has 15 aliphatic rings. The molecule has 3 aliphatic carbocycles. The average molecular weight is 947 g/mol. The summed E-state index contributed by atoms with van der Waals surface area (Å²) in [5, 5.41) is 0. The van der Waals surface area contributed by atoms with Crippen LogP contribution in [0.4, 0.5) is 0 Å². The Bertz CT molecular complexity index is 1610. The molecule has 0 amide bonds. The highest BCUT2D eigenvalue weighted by molar-refractivity contribution is 5.13. The van der Waals surface area contributed by atoms with E-state index in [-0.39, 0.29) is 53.8 Å². The van der Waals surface area contributed by atoms with Gasteiger partial charge in [0.25, 0.3) is 6.48 Å². The van der Waals surface area contributed by atoms with Gasteiger partial charge in [0.15, 0.2) is 35.7 Å². The van der Waals surface area contributed by atoms with Crippen molar-refractivity contribution in [3.63, 3.8) is 0 Å². The molecule has 0 aromatic carbocycles. The summed E-state index contributed by atoms with van der Waals surface area (Å²) in [5.74, 6) is 1.44. The second kappa shape index (κ2) is 17.2. The van der Waals surface area contributed by atoms with Gasteiger partial charge in [-0.05, 0) is 151 Å². The largest absolute Gasteiger partial charge is 0.346 e. The molecule has 0 aromatic rings. The van der Waals surface area contributed by atoms with Crippen LogP contribution in [0.3, 0.4) is 0 Å². The van der Waals surface area contributed by atoms with Crippen LogP contribution in [0.15, 0.2) is 0 Å². The Labute approximate surface area is 398 Å². The number of hydrogen-bond acceptors (Lipinski definition) is 15. The number of ether oxygens (including phenoxy) is 9. The molecular weight excluding hydrogens is 865 g/mol. The molecule has 12 aliphatic heterocycles. The van der Waals surface area contributed by atoms with Gasteiger partial charge in [0, 0.05) is 37.0 Å².